The standard InChI is InChI=1S/C12H19NO3/c1-12(9-6-4-3-5-7-9)10(11(14)15-2)13-8-16-12/h8-10H,3-7H2,1-2H3/t10-,12-/m0/s1. The average molecular weight is 225 g/mol. The number of carbonyl (C=O) groups excluding carboxylic acids is 1. The molecule has 1 aliphatic carbocycles. The summed E-state index contributed by atoms with van der Waals surface area (Å²) >= 11 is 0. The van der Waals surface area contributed by atoms with Gasteiger partial charge in [0.25, 0.3) is 0 Å². The molecule has 1 saturated carbocycles. The van der Waals surface area contributed by atoms with Gasteiger partial charge in [0.05, 0.1) is 7.11 Å². The van der Waals surface area contributed by atoms with Crippen LogP contribution < -0.4 is 0 Å². The summed E-state index contributed by atoms with van der Waals surface area (Å²) in [6.45, 7) is 1.98. The van der Waals surface area contributed by atoms with E-state index < -0.39 is 11.6 Å². The van der Waals surface area contributed by atoms with E-state index in [9.17, 15) is 4.79 Å². The molecule has 4 heteroatoms. The molecule has 0 radical (unpaired) electrons. The average Bonchev–Trinajstić information content (AvgIpc) is 2.73. The molecule has 90 valence electrons. The summed E-state index contributed by atoms with van der Waals surface area (Å²) in [5.74, 6) is 0.120. The second kappa shape index (κ2) is 4.44. The first kappa shape index (κ1) is 11.4. The molecule has 2 aliphatic rings. The molecule has 1 aliphatic heterocycles. The van der Waals surface area contributed by atoms with Crippen molar-refractivity contribution in [2.45, 2.75) is 50.7 Å². The third-order valence-corrected chi connectivity index (χ3v) is 3.90. The molecule has 2 rings (SSSR count). The Bertz CT molecular complexity index is 297. The van der Waals surface area contributed by atoms with Crippen LogP contribution in [0.1, 0.15) is 39.0 Å². The third-order valence-electron chi connectivity index (χ3n) is 3.90. The Kier molecular flexibility index (Phi) is 3.17. The van der Waals surface area contributed by atoms with Gasteiger partial charge in [-0.1, -0.05) is 19.3 Å². The maximum atomic E-state index is 11.7. The van der Waals surface area contributed by atoms with Gasteiger partial charge in [0.1, 0.15) is 5.60 Å². The van der Waals surface area contributed by atoms with Crippen molar-refractivity contribution in [2.75, 3.05) is 7.11 Å². The van der Waals surface area contributed by atoms with Crippen LogP contribution >= 0.6 is 0 Å². The number of methoxy groups -OCH3 is 1. The Morgan fingerprint density at radius 1 is 1.44 bits per heavy atom. The Labute approximate surface area is 96.0 Å². The summed E-state index contributed by atoms with van der Waals surface area (Å²) in [6, 6.07) is -0.486. The lowest BCUT2D eigenvalue weighted by Gasteiger charge is -2.37. The van der Waals surface area contributed by atoms with Gasteiger partial charge >= 0.3 is 5.97 Å². The topological polar surface area (TPSA) is 47.9 Å². The lowest BCUT2D eigenvalue weighted by atomic mass is 9.74. The molecule has 0 spiro atoms. The smallest absolute Gasteiger partial charge is 0.334 e. The summed E-state index contributed by atoms with van der Waals surface area (Å²) in [5.41, 5.74) is -0.493. The number of aliphatic imine (C=N–C) groups is 1. The largest absolute Gasteiger partial charge is 0.474 e. The van der Waals surface area contributed by atoms with Crippen LogP contribution in [0.2, 0.25) is 0 Å². The van der Waals surface area contributed by atoms with Crippen LogP contribution in [0.4, 0.5) is 0 Å². The number of carbonyl (C=O) groups is 1. The SMILES string of the molecule is COC(=O)[C@@H]1N=CO[C@@]1(C)C1CCCCC1. The van der Waals surface area contributed by atoms with Crippen LogP contribution in [0, 0.1) is 5.92 Å². The molecular formula is C12H19NO3. The number of nitrogens with zero attached hydrogens (tertiary/aromatic N) is 1. The minimum Gasteiger partial charge on any atom is -0.474 e. The predicted octanol–water partition coefficient (Wildman–Crippen LogP) is 1.93. The van der Waals surface area contributed by atoms with E-state index in [0.717, 1.165) is 12.8 Å². The quantitative estimate of drug-likeness (QED) is 0.675. The minimum atomic E-state index is -0.493. The molecule has 0 aromatic rings. The van der Waals surface area contributed by atoms with Gasteiger partial charge in [0.15, 0.2) is 12.4 Å². The lowest BCUT2D eigenvalue weighted by Crippen LogP contribution is -2.49. The van der Waals surface area contributed by atoms with E-state index in [1.807, 2.05) is 6.92 Å². The van der Waals surface area contributed by atoms with Gasteiger partial charge in [-0.15, -0.1) is 0 Å². The van der Waals surface area contributed by atoms with Gasteiger partial charge in [-0.2, -0.15) is 0 Å². The van der Waals surface area contributed by atoms with Gasteiger partial charge < -0.3 is 9.47 Å². The van der Waals surface area contributed by atoms with Crippen molar-refractivity contribution in [3.05, 3.63) is 0 Å². The molecule has 1 fully saturated rings. The molecule has 0 N–H and O–H groups in total. The van der Waals surface area contributed by atoms with Crippen LogP contribution in [0.25, 0.3) is 0 Å². The molecular weight excluding hydrogens is 206 g/mol. The van der Waals surface area contributed by atoms with Crippen molar-refractivity contribution in [1.82, 2.24) is 0 Å². The van der Waals surface area contributed by atoms with Gasteiger partial charge in [-0.05, 0) is 19.8 Å². The van der Waals surface area contributed by atoms with Crippen molar-refractivity contribution in [3.8, 4) is 0 Å². The first-order chi connectivity index (χ1) is 7.68. The normalized spacial score (nSPS) is 34.8. The molecule has 0 bridgehead atoms. The molecule has 0 amide bonds. The van der Waals surface area contributed by atoms with E-state index in [4.69, 9.17) is 9.47 Å². The molecule has 0 unspecified atom stereocenters. The molecule has 1 heterocycles. The third kappa shape index (κ3) is 1.81. The highest BCUT2D eigenvalue weighted by Gasteiger charge is 2.50. The van der Waals surface area contributed by atoms with E-state index in [0.29, 0.717) is 5.92 Å². The zero-order valence-electron chi connectivity index (χ0n) is 9.94. The molecule has 0 saturated heterocycles. The maximum absolute atomic E-state index is 11.7. The summed E-state index contributed by atoms with van der Waals surface area (Å²) in [5, 5.41) is 0. The highest BCUT2D eigenvalue weighted by Crippen LogP contribution is 2.40. The predicted molar refractivity (Wildman–Crippen MR) is 60.4 cm³/mol. The van der Waals surface area contributed by atoms with Crippen LogP contribution in [-0.2, 0) is 14.3 Å². The molecule has 0 aromatic heterocycles. The number of esters is 1. The van der Waals surface area contributed by atoms with Gasteiger partial charge in [0, 0.05) is 5.92 Å². The zero-order valence-corrected chi connectivity index (χ0v) is 9.94. The van der Waals surface area contributed by atoms with Crippen LogP contribution in [0.15, 0.2) is 4.99 Å². The first-order valence-electron chi connectivity index (χ1n) is 5.96. The van der Waals surface area contributed by atoms with Crippen molar-refractivity contribution in [1.29, 1.82) is 0 Å². The summed E-state index contributed by atoms with van der Waals surface area (Å²) in [7, 11) is 1.40. The fourth-order valence-electron chi connectivity index (χ4n) is 2.82. The molecule has 4 nitrogen and oxygen atoms in total. The van der Waals surface area contributed by atoms with Crippen molar-refractivity contribution < 1.29 is 14.3 Å². The van der Waals surface area contributed by atoms with Crippen molar-refractivity contribution in [3.63, 3.8) is 0 Å². The van der Waals surface area contributed by atoms with Gasteiger partial charge in [0.2, 0.25) is 0 Å². The number of hydrogen-bond donors (Lipinski definition) is 0. The number of ether oxygens (including phenoxy) is 2. The number of rotatable bonds is 2. The van der Waals surface area contributed by atoms with Crippen LogP contribution in [0.3, 0.4) is 0 Å². The van der Waals surface area contributed by atoms with Crippen LogP contribution in [0.5, 0.6) is 0 Å². The fourth-order valence-corrected chi connectivity index (χ4v) is 2.82. The molecule has 0 aromatic carbocycles. The van der Waals surface area contributed by atoms with E-state index in [1.165, 1.54) is 32.8 Å². The van der Waals surface area contributed by atoms with Crippen LogP contribution in [-0.4, -0.2) is 31.1 Å². The van der Waals surface area contributed by atoms with E-state index in [2.05, 4.69) is 4.99 Å². The highest BCUT2D eigenvalue weighted by molar-refractivity contribution is 5.80. The fraction of sp³-hybridized carbons (Fsp3) is 0.833. The Morgan fingerprint density at radius 3 is 2.75 bits per heavy atom. The monoisotopic (exact) mass is 225 g/mol. The Balaban J connectivity index is 2.13. The second-order valence-corrected chi connectivity index (χ2v) is 4.82. The van der Waals surface area contributed by atoms with Crippen molar-refractivity contribution >= 4 is 12.4 Å². The Morgan fingerprint density at radius 2 is 2.12 bits per heavy atom. The molecule has 16 heavy (non-hydrogen) atoms. The summed E-state index contributed by atoms with van der Waals surface area (Å²) in [6.07, 6.45) is 7.38. The van der Waals surface area contributed by atoms with E-state index >= 15 is 0 Å². The lowest BCUT2D eigenvalue weighted by molar-refractivity contribution is -0.148. The number of hydrogen-bond acceptors (Lipinski definition) is 4. The zero-order chi connectivity index (χ0) is 11.6. The van der Waals surface area contributed by atoms with Gasteiger partial charge in [-0.25, -0.2) is 9.79 Å². The second-order valence-electron chi connectivity index (χ2n) is 4.82. The minimum absolute atomic E-state index is 0.290. The van der Waals surface area contributed by atoms with Crippen molar-refractivity contribution in [2.24, 2.45) is 10.9 Å². The van der Waals surface area contributed by atoms with Gasteiger partial charge in [-0.3, -0.25) is 0 Å². The van der Waals surface area contributed by atoms with E-state index in [1.54, 1.807) is 0 Å². The highest BCUT2D eigenvalue weighted by atomic mass is 16.5. The maximum Gasteiger partial charge on any atom is 0.334 e. The molecule has 2 atom stereocenters. The first-order valence-corrected chi connectivity index (χ1v) is 5.96. The summed E-state index contributed by atoms with van der Waals surface area (Å²) in [4.78, 5) is 15.8. The summed E-state index contributed by atoms with van der Waals surface area (Å²) < 4.78 is 10.4. The Hall–Kier alpha value is -1.06. The van der Waals surface area contributed by atoms with E-state index in [-0.39, 0.29) is 5.97 Å².